The Labute approximate surface area is 92.0 Å². The minimum absolute atomic E-state index is 0.630. The summed E-state index contributed by atoms with van der Waals surface area (Å²) in [5.41, 5.74) is 0. The van der Waals surface area contributed by atoms with Crippen molar-refractivity contribution in [2.45, 2.75) is 46.1 Å². The highest BCUT2D eigenvalue weighted by molar-refractivity contribution is 8.14. The van der Waals surface area contributed by atoms with Crippen LogP contribution in [0.5, 0.6) is 0 Å². The zero-order valence-electron chi connectivity index (χ0n) is 9.55. The number of amidine groups is 1. The summed E-state index contributed by atoms with van der Waals surface area (Å²) in [7, 11) is 0. The Balaban J connectivity index is 2.20. The molecular formula is C11H22N2S. The number of rotatable bonds is 5. The van der Waals surface area contributed by atoms with Crippen molar-refractivity contribution in [3.05, 3.63) is 0 Å². The molecule has 1 atom stereocenters. The number of nitrogens with zero attached hydrogens (tertiary/aromatic N) is 1. The van der Waals surface area contributed by atoms with Gasteiger partial charge in [-0.15, -0.1) is 0 Å². The van der Waals surface area contributed by atoms with Crippen LogP contribution in [0.3, 0.4) is 0 Å². The van der Waals surface area contributed by atoms with Crippen molar-refractivity contribution in [2.75, 3.05) is 12.3 Å². The molecule has 1 saturated heterocycles. The van der Waals surface area contributed by atoms with Crippen molar-refractivity contribution in [3.8, 4) is 0 Å². The molecule has 3 heteroatoms. The number of thioether (sulfide) groups is 1. The molecule has 0 aromatic carbocycles. The van der Waals surface area contributed by atoms with E-state index in [1.807, 2.05) is 11.8 Å². The summed E-state index contributed by atoms with van der Waals surface area (Å²) in [6.07, 6.45) is 3.81. The molecule has 2 nitrogen and oxygen atoms in total. The van der Waals surface area contributed by atoms with Crippen LogP contribution >= 0.6 is 11.8 Å². The largest absolute Gasteiger partial charge is 0.361 e. The Morgan fingerprint density at radius 2 is 2.29 bits per heavy atom. The van der Waals surface area contributed by atoms with Crippen molar-refractivity contribution in [1.82, 2.24) is 5.32 Å². The first-order chi connectivity index (χ1) is 6.74. The van der Waals surface area contributed by atoms with Gasteiger partial charge < -0.3 is 5.32 Å². The van der Waals surface area contributed by atoms with Gasteiger partial charge in [-0.1, -0.05) is 45.4 Å². The summed E-state index contributed by atoms with van der Waals surface area (Å²) in [4.78, 5) is 4.56. The molecule has 0 aliphatic carbocycles. The fraction of sp³-hybridized carbons (Fsp3) is 0.909. The lowest BCUT2D eigenvalue weighted by atomic mass is 10.1. The van der Waals surface area contributed by atoms with Crippen LogP contribution in [0.25, 0.3) is 0 Å². The van der Waals surface area contributed by atoms with Crippen LogP contribution in [0.1, 0.15) is 40.0 Å². The van der Waals surface area contributed by atoms with Gasteiger partial charge in [0.15, 0.2) is 5.17 Å². The molecule has 0 spiro atoms. The molecule has 1 rings (SSSR count). The third-order valence-corrected chi connectivity index (χ3v) is 3.58. The molecule has 82 valence electrons. The van der Waals surface area contributed by atoms with E-state index in [0.717, 1.165) is 6.54 Å². The minimum atomic E-state index is 0.630. The third-order valence-electron chi connectivity index (χ3n) is 2.53. The highest BCUT2D eigenvalue weighted by atomic mass is 32.2. The first-order valence-electron chi connectivity index (χ1n) is 5.67. The van der Waals surface area contributed by atoms with Gasteiger partial charge in [-0.05, 0) is 12.3 Å². The maximum absolute atomic E-state index is 4.56. The van der Waals surface area contributed by atoms with Gasteiger partial charge in [-0.3, -0.25) is 4.99 Å². The topological polar surface area (TPSA) is 24.4 Å². The molecule has 0 amide bonds. The van der Waals surface area contributed by atoms with E-state index in [0.29, 0.717) is 12.0 Å². The molecule has 1 N–H and O–H groups in total. The van der Waals surface area contributed by atoms with E-state index >= 15 is 0 Å². The van der Waals surface area contributed by atoms with E-state index < -0.39 is 0 Å². The van der Waals surface area contributed by atoms with Gasteiger partial charge in [0, 0.05) is 18.3 Å². The van der Waals surface area contributed by atoms with E-state index in [-0.39, 0.29) is 0 Å². The van der Waals surface area contributed by atoms with E-state index in [4.69, 9.17) is 0 Å². The second-order valence-corrected chi connectivity index (χ2v) is 5.21. The lowest BCUT2D eigenvalue weighted by molar-refractivity contribution is 0.503. The number of unbranched alkanes of at least 4 members (excludes halogenated alkanes) is 2. The van der Waals surface area contributed by atoms with Crippen LogP contribution in [-0.2, 0) is 0 Å². The first kappa shape index (κ1) is 11.9. The van der Waals surface area contributed by atoms with Crippen LogP contribution in [0.15, 0.2) is 4.99 Å². The smallest absolute Gasteiger partial charge is 0.156 e. The highest BCUT2D eigenvalue weighted by Gasteiger charge is 2.22. The predicted octanol–water partition coefficient (Wildman–Crippen LogP) is 2.89. The Morgan fingerprint density at radius 1 is 1.50 bits per heavy atom. The van der Waals surface area contributed by atoms with Gasteiger partial charge in [0.05, 0.1) is 0 Å². The Kier molecular flexibility index (Phi) is 5.38. The summed E-state index contributed by atoms with van der Waals surface area (Å²) < 4.78 is 0. The van der Waals surface area contributed by atoms with Crippen LogP contribution < -0.4 is 5.32 Å². The SMILES string of the molecule is CCCCCN=C1N[C@@H](C(C)C)CS1. The summed E-state index contributed by atoms with van der Waals surface area (Å²) in [6.45, 7) is 7.75. The van der Waals surface area contributed by atoms with Crippen LogP contribution in [-0.4, -0.2) is 23.5 Å². The molecule has 1 fully saturated rings. The van der Waals surface area contributed by atoms with E-state index in [1.54, 1.807) is 0 Å². The van der Waals surface area contributed by atoms with E-state index in [2.05, 4.69) is 31.1 Å². The van der Waals surface area contributed by atoms with Gasteiger partial charge in [-0.2, -0.15) is 0 Å². The zero-order chi connectivity index (χ0) is 10.4. The lowest BCUT2D eigenvalue weighted by Crippen LogP contribution is -2.31. The fourth-order valence-corrected chi connectivity index (χ4v) is 2.63. The summed E-state index contributed by atoms with van der Waals surface area (Å²) >= 11 is 1.88. The summed E-state index contributed by atoms with van der Waals surface area (Å²) in [5.74, 6) is 1.90. The van der Waals surface area contributed by atoms with E-state index in [1.165, 1.54) is 30.2 Å². The molecule has 0 unspecified atom stereocenters. The summed E-state index contributed by atoms with van der Waals surface area (Å²) in [6, 6.07) is 0.630. The molecule has 0 radical (unpaired) electrons. The monoisotopic (exact) mass is 214 g/mol. The molecule has 0 aromatic heterocycles. The first-order valence-corrected chi connectivity index (χ1v) is 6.66. The van der Waals surface area contributed by atoms with Gasteiger partial charge >= 0.3 is 0 Å². The number of nitrogens with one attached hydrogen (secondary N) is 1. The van der Waals surface area contributed by atoms with Crippen molar-refractivity contribution in [2.24, 2.45) is 10.9 Å². The molecule has 0 aromatic rings. The molecular weight excluding hydrogens is 192 g/mol. The van der Waals surface area contributed by atoms with Crippen LogP contribution in [0, 0.1) is 5.92 Å². The van der Waals surface area contributed by atoms with Crippen LogP contribution in [0.4, 0.5) is 0 Å². The lowest BCUT2D eigenvalue weighted by Gasteiger charge is -2.12. The molecule has 0 saturated carbocycles. The standard InChI is InChI=1S/C11H22N2S/c1-4-5-6-7-12-11-13-10(8-14-11)9(2)3/h9-10H,4-8H2,1-3H3,(H,12,13)/t10-/m1/s1. The molecule has 1 aliphatic rings. The maximum atomic E-state index is 4.56. The Hall–Kier alpha value is -0.180. The normalized spacial score (nSPS) is 24.6. The fourth-order valence-electron chi connectivity index (χ4n) is 1.40. The Morgan fingerprint density at radius 3 is 2.86 bits per heavy atom. The van der Waals surface area contributed by atoms with Gasteiger partial charge in [-0.25, -0.2) is 0 Å². The van der Waals surface area contributed by atoms with Crippen molar-refractivity contribution >= 4 is 16.9 Å². The molecule has 14 heavy (non-hydrogen) atoms. The average Bonchev–Trinajstić information content (AvgIpc) is 2.61. The highest BCUT2D eigenvalue weighted by Crippen LogP contribution is 2.18. The number of hydrogen-bond donors (Lipinski definition) is 1. The predicted molar refractivity (Wildman–Crippen MR) is 66.0 cm³/mol. The van der Waals surface area contributed by atoms with Gasteiger partial charge in [0.25, 0.3) is 0 Å². The summed E-state index contributed by atoms with van der Waals surface area (Å²) in [5, 5.41) is 4.65. The third kappa shape index (κ3) is 3.91. The number of aliphatic imine (C=N–C) groups is 1. The minimum Gasteiger partial charge on any atom is -0.361 e. The van der Waals surface area contributed by atoms with Crippen molar-refractivity contribution in [3.63, 3.8) is 0 Å². The molecule has 1 aliphatic heterocycles. The molecule has 0 bridgehead atoms. The van der Waals surface area contributed by atoms with Crippen molar-refractivity contribution in [1.29, 1.82) is 0 Å². The second-order valence-electron chi connectivity index (χ2n) is 4.20. The van der Waals surface area contributed by atoms with Gasteiger partial charge in [0.2, 0.25) is 0 Å². The maximum Gasteiger partial charge on any atom is 0.156 e. The molecule has 1 heterocycles. The zero-order valence-corrected chi connectivity index (χ0v) is 10.4. The quantitative estimate of drug-likeness (QED) is 0.712. The van der Waals surface area contributed by atoms with Crippen molar-refractivity contribution < 1.29 is 0 Å². The second kappa shape index (κ2) is 6.33. The van der Waals surface area contributed by atoms with E-state index in [9.17, 15) is 0 Å². The number of hydrogen-bond acceptors (Lipinski definition) is 2. The van der Waals surface area contributed by atoms with Gasteiger partial charge in [0.1, 0.15) is 0 Å². The average molecular weight is 214 g/mol. The van der Waals surface area contributed by atoms with Crippen LogP contribution in [0.2, 0.25) is 0 Å². The Bertz CT molecular complexity index is 190.